The summed E-state index contributed by atoms with van der Waals surface area (Å²) in [7, 11) is 1.90. The summed E-state index contributed by atoms with van der Waals surface area (Å²) in [5.74, 6) is 8.68. The molecule has 108 valence electrons. The average Bonchev–Trinajstić information content (AvgIpc) is 2.83. The first-order chi connectivity index (χ1) is 9.52. The zero-order chi connectivity index (χ0) is 14.7. The Bertz CT molecular complexity index is 589. The second-order valence-electron chi connectivity index (χ2n) is 4.91. The van der Waals surface area contributed by atoms with Crippen molar-refractivity contribution in [1.82, 2.24) is 24.7 Å². The minimum atomic E-state index is 0.220. The number of nitrogens with two attached hydrogens (primary N) is 1. The van der Waals surface area contributed by atoms with Crippen LogP contribution in [0, 0.1) is 6.92 Å². The molecule has 0 radical (unpaired) electrons. The average molecular weight is 276 g/mol. The lowest BCUT2D eigenvalue weighted by Crippen LogP contribution is -2.16. The fraction of sp³-hybridized carbons (Fsp3) is 0.500. The summed E-state index contributed by atoms with van der Waals surface area (Å²) in [6.45, 7) is 6.53. The smallest absolute Gasteiger partial charge is 0.151 e. The molecule has 0 amide bonds. The van der Waals surface area contributed by atoms with Crippen molar-refractivity contribution < 1.29 is 0 Å². The van der Waals surface area contributed by atoms with E-state index in [2.05, 4.69) is 30.9 Å². The fourth-order valence-corrected chi connectivity index (χ4v) is 1.73. The van der Waals surface area contributed by atoms with Gasteiger partial charge in [0.05, 0.1) is 6.54 Å². The van der Waals surface area contributed by atoms with Gasteiger partial charge in [-0.25, -0.2) is 15.8 Å². The van der Waals surface area contributed by atoms with E-state index in [0.717, 1.165) is 23.0 Å². The maximum absolute atomic E-state index is 5.51. The van der Waals surface area contributed by atoms with Gasteiger partial charge in [-0.2, -0.15) is 0 Å². The molecular weight excluding hydrogens is 256 g/mol. The number of rotatable bonds is 5. The van der Waals surface area contributed by atoms with Crippen LogP contribution in [0.3, 0.4) is 0 Å². The summed E-state index contributed by atoms with van der Waals surface area (Å²) in [5.41, 5.74) is 3.49. The summed E-state index contributed by atoms with van der Waals surface area (Å²) in [4.78, 5) is 8.93. The third kappa shape index (κ3) is 2.85. The predicted molar refractivity (Wildman–Crippen MR) is 77.0 cm³/mol. The van der Waals surface area contributed by atoms with Crippen LogP contribution in [0.15, 0.2) is 6.33 Å². The molecule has 0 aliphatic rings. The number of anilines is 2. The highest BCUT2D eigenvalue weighted by atomic mass is 15.3. The van der Waals surface area contributed by atoms with Crippen molar-refractivity contribution in [3.05, 3.63) is 23.5 Å². The van der Waals surface area contributed by atoms with Crippen LogP contribution in [0.5, 0.6) is 0 Å². The molecule has 2 heterocycles. The maximum Gasteiger partial charge on any atom is 0.151 e. The SMILES string of the molecule is Cc1c(NN)nc(C(C)C)nc1NCc1nncn1C. The molecule has 0 spiro atoms. The van der Waals surface area contributed by atoms with Crippen molar-refractivity contribution >= 4 is 11.6 Å². The van der Waals surface area contributed by atoms with Crippen molar-refractivity contribution in [2.45, 2.75) is 33.2 Å². The van der Waals surface area contributed by atoms with Gasteiger partial charge >= 0.3 is 0 Å². The second-order valence-corrected chi connectivity index (χ2v) is 4.91. The van der Waals surface area contributed by atoms with Gasteiger partial charge < -0.3 is 15.3 Å². The van der Waals surface area contributed by atoms with Crippen LogP contribution >= 0.6 is 0 Å². The van der Waals surface area contributed by atoms with Crippen molar-refractivity contribution in [3.63, 3.8) is 0 Å². The molecule has 0 aliphatic carbocycles. The lowest BCUT2D eigenvalue weighted by molar-refractivity contribution is 0.767. The normalized spacial score (nSPS) is 10.9. The molecule has 2 aromatic heterocycles. The summed E-state index contributed by atoms with van der Waals surface area (Å²) in [6.07, 6.45) is 1.66. The monoisotopic (exact) mass is 276 g/mol. The highest BCUT2D eigenvalue weighted by Gasteiger charge is 2.13. The molecule has 20 heavy (non-hydrogen) atoms. The molecule has 8 heteroatoms. The van der Waals surface area contributed by atoms with Crippen LogP contribution in [0.4, 0.5) is 11.6 Å². The van der Waals surface area contributed by atoms with Crippen molar-refractivity contribution in [3.8, 4) is 0 Å². The molecule has 0 saturated heterocycles. The molecule has 2 rings (SSSR count). The minimum absolute atomic E-state index is 0.220. The highest BCUT2D eigenvalue weighted by Crippen LogP contribution is 2.22. The lowest BCUT2D eigenvalue weighted by atomic mass is 10.2. The number of nitrogen functional groups attached to an aromatic ring is 1. The molecule has 2 aromatic rings. The Morgan fingerprint density at radius 2 is 2.00 bits per heavy atom. The van der Waals surface area contributed by atoms with Gasteiger partial charge in [0, 0.05) is 18.5 Å². The van der Waals surface area contributed by atoms with Gasteiger partial charge in [0.1, 0.15) is 23.8 Å². The van der Waals surface area contributed by atoms with Gasteiger partial charge in [-0.15, -0.1) is 10.2 Å². The summed E-state index contributed by atoms with van der Waals surface area (Å²) in [6, 6.07) is 0. The Balaban J connectivity index is 2.26. The van der Waals surface area contributed by atoms with Gasteiger partial charge in [-0.3, -0.25) is 0 Å². The van der Waals surface area contributed by atoms with Crippen LogP contribution in [0.1, 0.15) is 37.0 Å². The first-order valence-corrected chi connectivity index (χ1v) is 6.44. The van der Waals surface area contributed by atoms with Crippen molar-refractivity contribution in [1.29, 1.82) is 0 Å². The van der Waals surface area contributed by atoms with E-state index in [0.29, 0.717) is 12.4 Å². The molecule has 0 aliphatic heterocycles. The van der Waals surface area contributed by atoms with E-state index >= 15 is 0 Å². The van der Waals surface area contributed by atoms with Crippen LogP contribution in [-0.2, 0) is 13.6 Å². The molecular formula is C12H20N8. The van der Waals surface area contributed by atoms with Gasteiger partial charge in [-0.05, 0) is 6.92 Å². The van der Waals surface area contributed by atoms with Gasteiger partial charge in [-0.1, -0.05) is 13.8 Å². The number of hydrogen-bond acceptors (Lipinski definition) is 7. The Kier molecular flexibility index (Phi) is 4.14. The van der Waals surface area contributed by atoms with Crippen LogP contribution in [0.2, 0.25) is 0 Å². The largest absolute Gasteiger partial charge is 0.362 e. The summed E-state index contributed by atoms with van der Waals surface area (Å²) < 4.78 is 1.86. The summed E-state index contributed by atoms with van der Waals surface area (Å²) in [5, 5.41) is 11.1. The lowest BCUT2D eigenvalue weighted by Gasteiger charge is -2.14. The fourth-order valence-electron chi connectivity index (χ4n) is 1.73. The minimum Gasteiger partial charge on any atom is -0.362 e. The van der Waals surface area contributed by atoms with Gasteiger partial charge in [0.25, 0.3) is 0 Å². The number of hydrazine groups is 1. The molecule has 0 saturated carbocycles. The Hall–Kier alpha value is -2.22. The zero-order valence-electron chi connectivity index (χ0n) is 12.2. The number of aromatic nitrogens is 5. The third-order valence-corrected chi connectivity index (χ3v) is 3.04. The quantitative estimate of drug-likeness (QED) is 0.551. The Labute approximate surface area is 117 Å². The molecule has 0 fully saturated rings. The summed E-state index contributed by atoms with van der Waals surface area (Å²) >= 11 is 0. The van der Waals surface area contributed by atoms with E-state index in [1.807, 2.05) is 32.4 Å². The number of nitrogens with one attached hydrogen (secondary N) is 2. The Morgan fingerprint density at radius 3 is 2.55 bits per heavy atom. The predicted octanol–water partition coefficient (Wildman–Crippen LogP) is 0.935. The molecule has 0 bridgehead atoms. The molecule has 8 nitrogen and oxygen atoms in total. The van der Waals surface area contributed by atoms with Crippen LogP contribution in [0.25, 0.3) is 0 Å². The van der Waals surface area contributed by atoms with Crippen LogP contribution in [-0.4, -0.2) is 24.7 Å². The van der Waals surface area contributed by atoms with E-state index < -0.39 is 0 Å². The topological polar surface area (TPSA) is 107 Å². The number of nitrogens with zero attached hydrogens (tertiary/aromatic N) is 5. The van der Waals surface area contributed by atoms with Crippen molar-refractivity contribution in [2.24, 2.45) is 12.9 Å². The molecule has 0 aromatic carbocycles. The van der Waals surface area contributed by atoms with Crippen LogP contribution < -0.4 is 16.6 Å². The van der Waals surface area contributed by atoms with E-state index in [1.165, 1.54) is 0 Å². The van der Waals surface area contributed by atoms with Gasteiger partial charge in [0.15, 0.2) is 5.82 Å². The maximum atomic E-state index is 5.51. The third-order valence-electron chi connectivity index (χ3n) is 3.04. The second kappa shape index (κ2) is 5.83. The van der Waals surface area contributed by atoms with Gasteiger partial charge in [0.2, 0.25) is 0 Å². The molecule has 4 N–H and O–H groups in total. The Morgan fingerprint density at radius 1 is 1.30 bits per heavy atom. The standard InChI is InChI=1S/C12H20N8/c1-7(2)10-16-11(8(3)12(17-10)18-13)14-5-9-19-15-6-20(9)4/h6-7H,5,13H2,1-4H3,(H2,14,16,17,18). The van der Waals surface area contributed by atoms with Crippen molar-refractivity contribution in [2.75, 3.05) is 10.7 Å². The molecule has 0 atom stereocenters. The van der Waals surface area contributed by atoms with E-state index in [1.54, 1.807) is 6.33 Å². The van der Waals surface area contributed by atoms with E-state index in [9.17, 15) is 0 Å². The molecule has 0 unspecified atom stereocenters. The number of aryl methyl sites for hydroxylation is 1. The first-order valence-electron chi connectivity index (χ1n) is 6.44. The number of hydrogen-bond donors (Lipinski definition) is 3. The zero-order valence-corrected chi connectivity index (χ0v) is 12.2. The highest BCUT2D eigenvalue weighted by molar-refractivity contribution is 5.56. The first kappa shape index (κ1) is 14.2. The van der Waals surface area contributed by atoms with E-state index in [-0.39, 0.29) is 5.92 Å². The van der Waals surface area contributed by atoms with E-state index in [4.69, 9.17) is 5.84 Å².